The lowest BCUT2D eigenvalue weighted by Gasteiger charge is -2.20. The molecule has 0 radical (unpaired) electrons. The van der Waals surface area contributed by atoms with Crippen molar-refractivity contribution < 1.29 is 9.72 Å². The molecule has 0 spiro atoms. The lowest BCUT2D eigenvalue weighted by Crippen LogP contribution is -2.26. The summed E-state index contributed by atoms with van der Waals surface area (Å²) in [6, 6.07) is 6.38. The van der Waals surface area contributed by atoms with Gasteiger partial charge in [-0.15, -0.1) is 11.3 Å². The zero-order valence-corrected chi connectivity index (χ0v) is 14.6. The zero-order chi connectivity index (χ0) is 17.6. The number of thiazole rings is 1. The number of non-ortho nitro benzene ring substituents is 1. The van der Waals surface area contributed by atoms with Gasteiger partial charge in [0, 0.05) is 29.6 Å². The molecule has 0 unspecified atom stereocenters. The molecule has 1 aliphatic rings. The molecule has 2 N–H and O–H groups in total. The number of hydrogen-bond donors (Lipinski definition) is 2. The van der Waals surface area contributed by atoms with E-state index in [0.717, 1.165) is 31.5 Å². The number of nitro benzene ring substituents is 1. The Kier molecular flexibility index (Phi) is 5.72. The summed E-state index contributed by atoms with van der Waals surface area (Å²) in [5.74, 6) is 0.395. The monoisotopic (exact) mass is 360 g/mol. The van der Waals surface area contributed by atoms with E-state index in [1.807, 2.05) is 6.20 Å². The number of rotatable bonds is 6. The van der Waals surface area contributed by atoms with E-state index in [0.29, 0.717) is 17.5 Å². The maximum atomic E-state index is 12.1. The van der Waals surface area contributed by atoms with Crippen LogP contribution in [-0.2, 0) is 11.2 Å². The number of nitrogens with one attached hydrogen (secondary N) is 2. The predicted molar refractivity (Wildman–Crippen MR) is 97.0 cm³/mol. The first-order valence-corrected chi connectivity index (χ1v) is 9.13. The van der Waals surface area contributed by atoms with Crippen LogP contribution in [0.1, 0.15) is 35.6 Å². The van der Waals surface area contributed by atoms with E-state index in [9.17, 15) is 14.9 Å². The van der Waals surface area contributed by atoms with Crippen molar-refractivity contribution in [2.45, 2.75) is 31.6 Å². The quantitative estimate of drug-likeness (QED) is 0.609. The third kappa shape index (κ3) is 4.83. The van der Waals surface area contributed by atoms with Crippen molar-refractivity contribution in [2.24, 2.45) is 0 Å². The molecule has 1 amide bonds. The van der Waals surface area contributed by atoms with E-state index in [1.165, 1.54) is 28.3 Å². The van der Waals surface area contributed by atoms with Gasteiger partial charge in [0.15, 0.2) is 5.13 Å². The molecule has 2 heterocycles. The number of amides is 1. The highest BCUT2D eigenvalue weighted by molar-refractivity contribution is 7.15. The fourth-order valence-corrected chi connectivity index (χ4v) is 3.91. The van der Waals surface area contributed by atoms with Gasteiger partial charge in [-0.25, -0.2) is 4.98 Å². The summed E-state index contributed by atoms with van der Waals surface area (Å²) < 4.78 is 0. The van der Waals surface area contributed by atoms with Gasteiger partial charge < -0.3 is 10.6 Å². The number of benzene rings is 1. The van der Waals surface area contributed by atoms with Crippen LogP contribution in [0.4, 0.5) is 10.8 Å². The van der Waals surface area contributed by atoms with Crippen LogP contribution >= 0.6 is 11.3 Å². The van der Waals surface area contributed by atoms with Crippen LogP contribution in [0.3, 0.4) is 0 Å². The van der Waals surface area contributed by atoms with Crippen LogP contribution in [0.25, 0.3) is 0 Å². The Morgan fingerprint density at radius 3 is 2.96 bits per heavy atom. The second kappa shape index (κ2) is 8.17. The fraction of sp³-hybridized carbons (Fsp3) is 0.412. The normalized spacial score (nSPS) is 15.0. The summed E-state index contributed by atoms with van der Waals surface area (Å²) in [4.78, 5) is 28.0. The average molecular weight is 360 g/mol. The van der Waals surface area contributed by atoms with Crippen LogP contribution in [0.2, 0.25) is 0 Å². The molecule has 1 fully saturated rings. The molecule has 1 aromatic heterocycles. The summed E-state index contributed by atoms with van der Waals surface area (Å²) >= 11 is 1.54. The molecule has 2 aromatic rings. The number of piperidine rings is 1. The van der Waals surface area contributed by atoms with Crippen molar-refractivity contribution in [2.75, 3.05) is 18.4 Å². The second-order valence-corrected chi connectivity index (χ2v) is 7.13. The minimum Gasteiger partial charge on any atom is -0.317 e. The van der Waals surface area contributed by atoms with E-state index < -0.39 is 4.92 Å². The summed E-state index contributed by atoms with van der Waals surface area (Å²) in [6.45, 7) is 2.04. The van der Waals surface area contributed by atoms with Crippen LogP contribution in [0.5, 0.6) is 0 Å². The van der Waals surface area contributed by atoms with Crippen molar-refractivity contribution in [3.8, 4) is 0 Å². The number of carbonyl (C=O) groups excluding carboxylic acids is 1. The molecular formula is C17H20N4O3S. The van der Waals surface area contributed by atoms with Crippen LogP contribution in [-0.4, -0.2) is 28.9 Å². The first-order chi connectivity index (χ1) is 12.1. The van der Waals surface area contributed by atoms with Gasteiger partial charge in [-0.05, 0) is 43.8 Å². The van der Waals surface area contributed by atoms with Crippen LogP contribution < -0.4 is 10.6 Å². The minimum atomic E-state index is -0.429. The summed E-state index contributed by atoms with van der Waals surface area (Å²) in [7, 11) is 0. The van der Waals surface area contributed by atoms with Gasteiger partial charge in [-0.1, -0.05) is 12.1 Å². The van der Waals surface area contributed by atoms with Gasteiger partial charge in [-0.2, -0.15) is 0 Å². The Labute approximate surface area is 149 Å². The van der Waals surface area contributed by atoms with Crippen molar-refractivity contribution >= 4 is 28.1 Å². The van der Waals surface area contributed by atoms with E-state index >= 15 is 0 Å². The molecule has 0 aliphatic carbocycles. The summed E-state index contributed by atoms with van der Waals surface area (Å²) in [6.07, 6.45) is 4.78. The smallest absolute Gasteiger partial charge is 0.269 e. The highest BCUT2D eigenvalue weighted by Crippen LogP contribution is 2.31. The van der Waals surface area contributed by atoms with Crippen molar-refractivity contribution in [3.63, 3.8) is 0 Å². The molecule has 0 bridgehead atoms. The van der Waals surface area contributed by atoms with Gasteiger partial charge in [-0.3, -0.25) is 14.9 Å². The Bertz CT molecular complexity index is 756. The number of nitrogens with zero attached hydrogens (tertiary/aromatic N) is 2. The molecule has 1 saturated heterocycles. The predicted octanol–water partition coefficient (Wildman–Crippen LogP) is 3.09. The maximum Gasteiger partial charge on any atom is 0.269 e. The number of aryl methyl sites for hydroxylation is 1. The molecule has 7 nitrogen and oxygen atoms in total. The standard InChI is InChI=1S/C17H20N4O3S/c22-16(5-4-12-2-1-3-14(10-12)21(23)24)20-17-19-11-15(25-17)13-6-8-18-9-7-13/h1-3,10-11,13,18H,4-9H2,(H,19,20,22). The van der Waals surface area contributed by atoms with E-state index in [1.54, 1.807) is 12.1 Å². The second-order valence-electron chi connectivity index (χ2n) is 6.07. The molecule has 3 rings (SSSR count). The molecule has 132 valence electrons. The number of anilines is 1. The number of hydrogen-bond acceptors (Lipinski definition) is 6. The van der Waals surface area contributed by atoms with E-state index in [2.05, 4.69) is 15.6 Å². The highest BCUT2D eigenvalue weighted by atomic mass is 32.1. The molecule has 0 saturated carbocycles. The molecule has 1 aliphatic heterocycles. The largest absolute Gasteiger partial charge is 0.317 e. The Morgan fingerprint density at radius 1 is 1.40 bits per heavy atom. The lowest BCUT2D eigenvalue weighted by molar-refractivity contribution is -0.384. The minimum absolute atomic E-state index is 0.0458. The van der Waals surface area contributed by atoms with E-state index in [-0.39, 0.29) is 18.0 Å². The van der Waals surface area contributed by atoms with Gasteiger partial charge in [0.25, 0.3) is 5.69 Å². The van der Waals surface area contributed by atoms with Gasteiger partial charge in [0.1, 0.15) is 0 Å². The van der Waals surface area contributed by atoms with Crippen molar-refractivity contribution in [1.82, 2.24) is 10.3 Å². The van der Waals surface area contributed by atoms with Gasteiger partial charge in [0.2, 0.25) is 5.91 Å². The number of aromatic nitrogens is 1. The SMILES string of the molecule is O=C(CCc1cccc([N+](=O)[O-])c1)Nc1ncc(C2CCNCC2)s1. The average Bonchev–Trinajstić information content (AvgIpc) is 3.09. The third-order valence-electron chi connectivity index (χ3n) is 4.27. The first-order valence-electron chi connectivity index (χ1n) is 8.31. The fourth-order valence-electron chi connectivity index (χ4n) is 2.90. The third-order valence-corrected chi connectivity index (χ3v) is 5.35. The first kappa shape index (κ1) is 17.5. The summed E-state index contributed by atoms with van der Waals surface area (Å²) in [5.41, 5.74) is 0.823. The molecule has 1 aromatic carbocycles. The Morgan fingerprint density at radius 2 is 2.20 bits per heavy atom. The molecule has 0 atom stereocenters. The van der Waals surface area contributed by atoms with Crippen LogP contribution in [0.15, 0.2) is 30.5 Å². The zero-order valence-electron chi connectivity index (χ0n) is 13.7. The van der Waals surface area contributed by atoms with Gasteiger partial charge >= 0.3 is 0 Å². The topological polar surface area (TPSA) is 97.2 Å². The molecule has 8 heteroatoms. The van der Waals surface area contributed by atoms with Crippen molar-refractivity contribution in [3.05, 3.63) is 51.0 Å². The number of nitro groups is 1. The van der Waals surface area contributed by atoms with Gasteiger partial charge in [0.05, 0.1) is 4.92 Å². The van der Waals surface area contributed by atoms with Crippen LogP contribution in [0, 0.1) is 10.1 Å². The maximum absolute atomic E-state index is 12.1. The molecule has 25 heavy (non-hydrogen) atoms. The molecular weight excluding hydrogens is 340 g/mol. The highest BCUT2D eigenvalue weighted by Gasteiger charge is 2.18. The lowest BCUT2D eigenvalue weighted by atomic mass is 9.97. The Balaban J connectivity index is 1.52. The summed E-state index contributed by atoms with van der Waals surface area (Å²) in [5, 5.41) is 17.6. The Hall–Kier alpha value is -2.32. The number of carbonyl (C=O) groups is 1. The van der Waals surface area contributed by atoms with E-state index in [4.69, 9.17) is 0 Å². The van der Waals surface area contributed by atoms with Crippen molar-refractivity contribution in [1.29, 1.82) is 0 Å².